The van der Waals surface area contributed by atoms with Crippen LogP contribution < -0.4 is 11.1 Å². The van der Waals surface area contributed by atoms with E-state index in [0.717, 1.165) is 10.4 Å². The molecule has 2 heterocycles. The summed E-state index contributed by atoms with van der Waals surface area (Å²) >= 11 is 13.6. The highest BCUT2D eigenvalue weighted by Crippen LogP contribution is 2.40. The van der Waals surface area contributed by atoms with Gasteiger partial charge in [0.05, 0.1) is 16.1 Å². The monoisotopic (exact) mass is 607 g/mol. The molecular formula is C30H27Cl2N5O3S. The number of carbonyl (C=O) groups excluding carboxylic acids is 3. The molecule has 0 fully saturated rings. The fourth-order valence-electron chi connectivity index (χ4n) is 4.84. The maximum absolute atomic E-state index is 13.4. The van der Waals surface area contributed by atoms with E-state index in [1.165, 1.54) is 11.3 Å². The summed E-state index contributed by atoms with van der Waals surface area (Å²) in [5, 5.41) is 3.94. The van der Waals surface area contributed by atoms with Crippen molar-refractivity contribution in [1.82, 2.24) is 15.1 Å². The number of hydrogen-bond acceptors (Lipinski definition) is 6. The first-order chi connectivity index (χ1) is 19.5. The zero-order valence-corrected chi connectivity index (χ0v) is 24.7. The van der Waals surface area contributed by atoms with Gasteiger partial charge in [-0.25, -0.2) is 4.99 Å². The summed E-state index contributed by atoms with van der Waals surface area (Å²) in [7, 11) is 1.72. The van der Waals surface area contributed by atoms with Crippen molar-refractivity contribution in [3.8, 4) is 10.4 Å². The van der Waals surface area contributed by atoms with Gasteiger partial charge < -0.3 is 15.5 Å². The molecule has 3 N–H and O–H groups in total. The molecule has 1 aromatic heterocycles. The van der Waals surface area contributed by atoms with E-state index in [-0.39, 0.29) is 24.8 Å². The molecule has 41 heavy (non-hydrogen) atoms. The molecule has 3 amide bonds. The van der Waals surface area contributed by atoms with Crippen LogP contribution in [0.1, 0.15) is 39.8 Å². The number of nitrogens with one attached hydrogen (secondary N) is 1. The Morgan fingerprint density at radius 2 is 1.80 bits per heavy atom. The second-order valence-electron chi connectivity index (χ2n) is 9.95. The molecule has 1 atom stereocenters. The van der Waals surface area contributed by atoms with Crippen LogP contribution in [0, 0.1) is 0 Å². The molecule has 2 aliphatic rings. The lowest BCUT2D eigenvalue weighted by molar-refractivity contribution is -0.118. The maximum atomic E-state index is 13.4. The number of allylic oxidation sites excluding steroid dienone is 1. The number of hydrogen-bond donors (Lipinski definition) is 2. The Balaban J connectivity index is 1.40. The van der Waals surface area contributed by atoms with E-state index in [1.54, 1.807) is 48.3 Å². The molecule has 0 bridgehead atoms. The maximum Gasteiger partial charge on any atom is 0.268 e. The van der Waals surface area contributed by atoms with Gasteiger partial charge in [-0.2, -0.15) is 0 Å². The molecule has 1 aliphatic carbocycles. The summed E-state index contributed by atoms with van der Waals surface area (Å²) in [4.78, 5) is 47.6. The molecule has 3 aromatic rings. The Bertz CT molecular complexity index is 1610. The molecule has 1 aliphatic heterocycles. The van der Waals surface area contributed by atoms with Gasteiger partial charge in [0.2, 0.25) is 11.9 Å². The van der Waals surface area contributed by atoms with Crippen LogP contribution in [0.25, 0.3) is 10.4 Å². The van der Waals surface area contributed by atoms with Gasteiger partial charge in [0, 0.05) is 46.2 Å². The highest BCUT2D eigenvalue weighted by molar-refractivity contribution is 7.17. The molecule has 0 saturated carbocycles. The number of guanidine groups is 1. The van der Waals surface area contributed by atoms with Crippen LogP contribution in [0.15, 0.2) is 89.2 Å². The van der Waals surface area contributed by atoms with Gasteiger partial charge in [0.1, 0.15) is 0 Å². The van der Waals surface area contributed by atoms with Gasteiger partial charge in [0.25, 0.3) is 11.8 Å². The summed E-state index contributed by atoms with van der Waals surface area (Å²) < 4.78 is 0. The van der Waals surface area contributed by atoms with E-state index >= 15 is 0 Å². The summed E-state index contributed by atoms with van der Waals surface area (Å²) in [6.07, 6.45) is 4.39. The van der Waals surface area contributed by atoms with E-state index in [1.807, 2.05) is 48.2 Å². The minimum absolute atomic E-state index is 0.0827. The third-order valence-corrected chi connectivity index (χ3v) is 8.69. The van der Waals surface area contributed by atoms with Gasteiger partial charge in [0.15, 0.2) is 0 Å². The number of fused-ring (bicyclic) bond motifs is 1. The van der Waals surface area contributed by atoms with Crippen LogP contribution in [0.2, 0.25) is 10.0 Å². The number of thiophene rings is 1. The zero-order chi connectivity index (χ0) is 29.3. The number of amides is 3. The third-order valence-electron chi connectivity index (χ3n) is 7.12. The van der Waals surface area contributed by atoms with Gasteiger partial charge in [-0.1, -0.05) is 47.5 Å². The Hall–Kier alpha value is -3.92. The number of likely N-dealkylation sites (N-methyl/N-ethyl adjacent to an activating group) is 1. The van der Waals surface area contributed by atoms with Crippen molar-refractivity contribution in [3.63, 3.8) is 0 Å². The second-order valence-corrected chi connectivity index (χ2v) is 11.9. The van der Waals surface area contributed by atoms with Crippen LogP contribution in [0.5, 0.6) is 0 Å². The first-order valence-corrected chi connectivity index (χ1v) is 14.4. The molecule has 2 aromatic carbocycles. The first-order valence-electron chi connectivity index (χ1n) is 12.8. The summed E-state index contributed by atoms with van der Waals surface area (Å²) in [5.41, 5.74) is 7.57. The Morgan fingerprint density at radius 1 is 1.10 bits per heavy atom. The third kappa shape index (κ3) is 5.93. The van der Waals surface area contributed by atoms with Gasteiger partial charge in [-0.15, -0.1) is 11.3 Å². The van der Waals surface area contributed by atoms with Gasteiger partial charge in [-0.3, -0.25) is 19.7 Å². The summed E-state index contributed by atoms with van der Waals surface area (Å²) in [6, 6.07) is 17.8. The van der Waals surface area contributed by atoms with E-state index in [0.29, 0.717) is 44.3 Å². The summed E-state index contributed by atoms with van der Waals surface area (Å²) in [5.74, 6) is -0.630. The van der Waals surface area contributed by atoms with Crippen molar-refractivity contribution in [2.75, 3.05) is 13.6 Å². The van der Waals surface area contributed by atoms with Crippen molar-refractivity contribution in [2.24, 2.45) is 10.7 Å². The van der Waals surface area contributed by atoms with Crippen molar-refractivity contribution < 1.29 is 14.4 Å². The quantitative estimate of drug-likeness (QED) is 0.359. The number of benzene rings is 2. The Kier molecular flexibility index (Phi) is 8.04. The van der Waals surface area contributed by atoms with Crippen molar-refractivity contribution in [3.05, 3.63) is 105 Å². The predicted molar refractivity (Wildman–Crippen MR) is 163 cm³/mol. The predicted octanol–water partition coefficient (Wildman–Crippen LogP) is 5.70. The highest BCUT2D eigenvalue weighted by Gasteiger charge is 2.45. The number of halogens is 2. The standard InChI is InChI=1S/C30H27Cl2N5O3S/c1-30-12-10-22(36(2)28(40)18-6-4-3-5-7-18)17-25(30)34-29(37(30)13-11-26(33)38)35-27(39)24-9-8-23(41-24)19-14-20(31)16-21(32)15-19/h3-10,14-17H,11-13H2,1-2H3,(H2,33,38)(H,34,35,39). The fourth-order valence-corrected chi connectivity index (χ4v) is 6.26. The second kappa shape index (κ2) is 11.5. The molecular weight excluding hydrogens is 581 g/mol. The average molecular weight is 609 g/mol. The van der Waals surface area contributed by atoms with Crippen LogP contribution in [0.4, 0.5) is 0 Å². The van der Waals surface area contributed by atoms with Crippen LogP contribution in [-0.2, 0) is 4.79 Å². The van der Waals surface area contributed by atoms with Crippen LogP contribution in [0.3, 0.4) is 0 Å². The minimum Gasteiger partial charge on any atom is -0.370 e. The lowest BCUT2D eigenvalue weighted by Gasteiger charge is -2.39. The molecule has 1 unspecified atom stereocenters. The number of primary amides is 1. The SMILES string of the molecule is CN(C(=O)c1ccccc1)C1=CCC2(C)C(=C1)N=C(NC(=O)c1ccc(-c3cc(Cl)cc(Cl)c3)s1)N2CCC(N)=O. The van der Waals surface area contributed by atoms with Crippen molar-refractivity contribution in [2.45, 2.75) is 25.3 Å². The normalized spacial score (nSPS) is 17.8. The molecule has 8 nitrogen and oxygen atoms in total. The highest BCUT2D eigenvalue weighted by atomic mass is 35.5. The van der Waals surface area contributed by atoms with Crippen LogP contribution in [-0.4, -0.2) is 52.6 Å². The first kappa shape index (κ1) is 28.6. The minimum atomic E-state index is -0.643. The van der Waals surface area contributed by atoms with E-state index in [9.17, 15) is 14.4 Å². The van der Waals surface area contributed by atoms with E-state index in [4.69, 9.17) is 33.9 Å². The topological polar surface area (TPSA) is 108 Å². The smallest absolute Gasteiger partial charge is 0.268 e. The molecule has 0 saturated heterocycles. The van der Waals surface area contributed by atoms with E-state index in [2.05, 4.69) is 5.32 Å². The molecule has 5 rings (SSSR count). The summed E-state index contributed by atoms with van der Waals surface area (Å²) in [6.45, 7) is 2.25. The van der Waals surface area contributed by atoms with Crippen LogP contribution >= 0.6 is 34.5 Å². The van der Waals surface area contributed by atoms with Crippen molar-refractivity contribution >= 4 is 58.2 Å². The molecule has 0 radical (unpaired) electrons. The zero-order valence-electron chi connectivity index (χ0n) is 22.4. The average Bonchev–Trinajstić information content (AvgIpc) is 3.53. The molecule has 0 spiro atoms. The number of aliphatic imine (C=N–C) groups is 1. The van der Waals surface area contributed by atoms with E-state index < -0.39 is 11.4 Å². The lowest BCUT2D eigenvalue weighted by Crippen LogP contribution is -2.52. The Labute approximate surface area is 251 Å². The van der Waals surface area contributed by atoms with Gasteiger partial charge >= 0.3 is 0 Å². The number of nitrogens with two attached hydrogens (primary N) is 1. The van der Waals surface area contributed by atoms with Crippen molar-refractivity contribution in [1.29, 1.82) is 0 Å². The van der Waals surface area contributed by atoms with Gasteiger partial charge in [-0.05, 0) is 67.4 Å². The fraction of sp³-hybridized carbons (Fsp3) is 0.200. The molecule has 210 valence electrons. The Morgan fingerprint density at radius 3 is 2.49 bits per heavy atom. The molecule has 11 heteroatoms. The lowest BCUT2D eigenvalue weighted by atomic mass is 9.87. The largest absolute Gasteiger partial charge is 0.370 e. The number of rotatable bonds is 7. The number of carbonyl (C=O) groups is 3. The number of nitrogens with zero attached hydrogens (tertiary/aromatic N) is 3.